The van der Waals surface area contributed by atoms with E-state index in [4.69, 9.17) is 4.74 Å². The second-order valence-corrected chi connectivity index (χ2v) is 5.73. The maximum Gasteiger partial charge on any atom is 0.0945 e. The van der Waals surface area contributed by atoms with Crippen LogP contribution < -0.4 is 5.32 Å². The maximum atomic E-state index is 6.03. The number of hydrogen-bond donors (Lipinski definition) is 1. The Labute approximate surface area is 126 Å². The van der Waals surface area contributed by atoms with Crippen molar-refractivity contribution in [2.75, 3.05) is 13.2 Å². The van der Waals surface area contributed by atoms with Crippen molar-refractivity contribution in [2.45, 2.75) is 25.5 Å². The molecule has 0 saturated carbocycles. The summed E-state index contributed by atoms with van der Waals surface area (Å²) in [6, 6.07) is 10.6. The maximum absolute atomic E-state index is 6.03. The Morgan fingerprint density at radius 1 is 1.33 bits per heavy atom. The predicted octanol–water partition coefficient (Wildman–Crippen LogP) is 2.68. The Hall–Kier alpha value is -1.65. The fraction of sp³-hybridized carbons (Fsp3) is 0.471. The number of benzene rings is 1. The van der Waals surface area contributed by atoms with E-state index in [-0.39, 0.29) is 6.10 Å². The van der Waals surface area contributed by atoms with Crippen molar-refractivity contribution in [2.24, 2.45) is 13.0 Å². The standard InChI is InChI=1S/C17H23N3O/c1-20-13-19-12-16(20)11-18-10-15-8-5-9-21-17(15)14-6-3-2-4-7-14/h2-4,6-7,12-13,15,17-18H,5,8-11H2,1H3/t15-,17+/m0/s1. The summed E-state index contributed by atoms with van der Waals surface area (Å²) in [5.74, 6) is 0.536. The molecule has 0 unspecified atom stereocenters. The average Bonchev–Trinajstić information content (AvgIpc) is 2.94. The van der Waals surface area contributed by atoms with Crippen molar-refractivity contribution >= 4 is 0 Å². The van der Waals surface area contributed by atoms with E-state index in [1.807, 2.05) is 19.6 Å². The third kappa shape index (κ3) is 3.52. The molecule has 1 aromatic heterocycles. The van der Waals surface area contributed by atoms with Crippen LogP contribution in [0.15, 0.2) is 42.9 Å². The monoisotopic (exact) mass is 285 g/mol. The lowest BCUT2D eigenvalue weighted by Gasteiger charge is -2.32. The van der Waals surface area contributed by atoms with Gasteiger partial charge in [0.25, 0.3) is 0 Å². The Morgan fingerprint density at radius 2 is 2.19 bits per heavy atom. The Kier molecular flexibility index (Phi) is 4.68. The molecule has 1 aliphatic heterocycles. The first-order valence-electron chi connectivity index (χ1n) is 7.67. The molecule has 0 spiro atoms. The minimum atomic E-state index is 0.221. The van der Waals surface area contributed by atoms with Crippen LogP contribution in [0.5, 0.6) is 0 Å². The number of nitrogens with zero attached hydrogens (tertiary/aromatic N) is 2. The number of nitrogens with one attached hydrogen (secondary N) is 1. The number of ether oxygens (including phenoxy) is 1. The zero-order valence-corrected chi connectivity index (χ0v) is 12.5. The van der Waals surface area contributed by atoms with Crippen LogP contribution in [-0.2, 0) is 18.3 Å². The van der Waals surface area contributed by atoms with E-state index < -0.39 is 0 Å². The van der Waals surface area contributed by atoms with Crippen LogP contribution in [0.2, 0.25) is 0 Å². The second-order valence-electron chi connectivity index (χ2n) is 5.73. The third-order valence-corrected chi connectivity index (χ3v) is 4.20. The highest BCUT2D eigenvalue weighted by atomic mass is 16.5. The van der Waals surface area contributed by atoms with Crippen LogP contribution >= 0.6 is 0 Å². The van der Waals surface area contributed by atoms with Crippen LogP contribution in [0.1, 0.15) is 30.2 Å². The van der Waals surface area contributed by atoms with Gasteiger partial charge in [-0.25, -0.2) is 4.98 Å². The zero-order valence-electron chi connectivity index (χ0n) is 12.5. The van der Waals surface area contributed by atoms with Gasteiger partial charge in [-0.3, -0.25) is 0 Å². The van der Waals surface area contributed by atoms with E-state index in [1.54, 1.807) is 0 Å². The summed E-state index contributed by atoms with van der Waals surface area (Å²) in [6.07, 6.45) is 6.35. The van der Waals surface area contributed by atoms with Crippen LogP contribution in [0.25, 0.3) is 0 Å². The topological polar surface area (TPSA) is 39.1 Å². The smallest absolute Gasteiger partial charge is 0.0945 e. The van der Waals surface area contributed by atoms with Crippen LogP contribution in [0.4, 0.5) is 0 Å². The molecular formula is C17H23N3O. The SMILES string of the molecule is Cn1cncc1CNC[C@@H]1CCCO[C@@H]1c1ccccc1. The summed E-state index contributed by atoms with van der Waals surface area (Å²) >= 11 is 0. The summed E-state index contributed by atoms with van der Waals surface area (Å²) in [6.45, 7) is 2.71. The largest absolute Gasteiger partial charge is 0.373 e. The van der Waals surface area contributed by atoms with Crippen molar-refractivity contribution < 1.29 is 4.74 Å². The molecule has 21 heavy (non-hydrogen) atoms. The van der Waals surface area contributed by atoms with E-state index in [0.717, 1.165) is 26.1 Å². The number of imidazole rings is 1. The normalized spacial score (nSPS) is 22.3. The summed E-state index contributed by atoms with van der Waals surface area (Å²) < 4.78 is 8.09. The number of hydrogen-bond acceptors (Lipinski definition) is 3. The van der Waals surface area contributed by atoms with Crippen molar-refractivity contribution in [3.05, 3.63) is 54.1 Å². The summed E-state index contributed by atoms with van der Waals surface area (Å²) in [4.78, 5) is 4.15. The van der Waals surface area contributed by atoms with Gasteiger partial charge in [0.15, 0.2) is 0 Å². The summed E-state index contributed by atoms with van der Waals surface area (Å²) in [5.41, 5.74) is 2.51. The Balaban J connectivity index is 1.59. The van der Waals surface area contributed by atoms with Gasteiger partial charge in [0.05, 0.1) is 18.1 Å². The quantitative estimate of drug-likeness (QED) is 0.918. The van der Waals surface area contributed by atoms with E-state index in [2.05, 4.69) is 45.2 Å². The molecule has 1 fully saturated rings. The lowest BCUT2D eigenvalue weighted by atomic mass is 9.89. The van der Waals surface area contributed by atoms with Gasteiger partial charge in [-0.1, -0.05) is 30.3 Å². The molecule has 0 radical (unpaired) electrons. The molecule has 112 valence electrons. The van der Waals surface area contributed by atoms with E-state index in [9.17, 15) is 0 Å². The molecule has 1 aliphatic rings. The van der Waals surface area contributed by atoms with Crippen LogP contribution in [0, 0.1) is 5.92 Å². The number of rotatable bonds is 5. The Morgan fingerprint density at radius 3 is 2.95 bits per heavy atom. The minimum absolute atomic E-state index is 0.221. The van der Waals surface area contributed by atoms with E-state index in [1.165, 1.54) is 17.7 Å². The molecule has 0 aliphatic carbocycles. The average molecular weight is 285 g/mol. The predicted molar refractivity (Wildman–Crippen MR) is 82.8 cm³/mol. The van der Waals surface area contributed by atoms with Crippen molar-refractivity contribution in [3.63, 3.8) is 0 Å². The first kappa shape index (κ1) is 14.3. The van der Waals surface area contributed by atoms with Crippen LogP contribution in [-0.4, -0.2) is 22.7 Å². The molecule has 2 atom stereocenters. The number of aryl methyl sites for hydroxylation is 1. The van der Waals surface area contributed by atoms with Gasteiger partial charge in [0, 0.05) is 38.9 Å². The molecule has 0 amide bonds. The minimum Gasteiger partial charge on any atom is -0.373 e. The van der Waals surface area contributed by atoms with Gasteiger partial charge >= 0.3 is 0 Å². The van der Waals surface area contributed by atoms with Crippen LogP contribution in [0.3, 0.4) is 0 Å². The third-order valence-electron chi connectivity index (χ3n) is 4.20. The van der Waals surface area contributed by atoms with Crippen molar-refractivity contribution in [1.29, 1.82) is 0 Å². The highest BCUT2D eigenvalue weighted by Gasteiger charge is 2.26. The Bertz CT molecular complexity index is 552. The first-order valence-corrected chi connectivity index (χ1v) is 7.67. The molecule has 1 saturated heterocycles. The van der Waals surface area contributed by atoms with Gasteiger partial charge in [-0.15, -0.1) is 0 Å². The summed E-state index contributed by atoms with van der Waals surface area (Å²) in [5, 5.41) is 3.56. The van der Waals surface area contributed by atoms with E-state index in [0.29, 0.717) is 5.92 Å². The van der Waals surface area contributed by atoms with Gasteiger partial charge in [-0.2, -0.15) is 0 Å². The van der Waals surface area contributed by atoms with Gasteiger partial charge in [0.2, 0.25) is 0 Å². The first-order chi connectivity index (χ1) is 10.3. The lowest BCUT2D eigenvalue weighted by Crippen LogP contribution is -2.32. The fourth-order valence-corrected chi connectivity index (χ4v) is 3.00. The lowest BCUT2D eigenvalue weighted by molar-refractivity contribution is -0.0278. The zero-order chi connectivity index (χ0) is 14.5. The van der Waals surface area contributed by atoms with Crippen molar-refractivity contribution in [1.82, 2.24) is 14.9 Å². The fourth-order valence-electron chi connectivity index (χ4n) is 3.00. The molecule has 0 bridgehead atoms. The molecule has 2 aromatic rings. The van der Waals surface area contributed by atoms with Gasteiger partial charge in [-0.05, 0) is 18.4 Å². The van der Waals surface area contributed by atoms with E-state index >= 15 is 0 Å². The number of aromatic nitrogens is 2. The highest BCUT2D eigenvalue weighted by molar-refractivity contribution is 5.18. The van der Waals surface area contributed by atoms with Gasteiger partial charge < -0.3 is 14.6 Å². The van der Waals surface area contributed by atoms with Crippen molar-refractivity contribution in [3.8, 4) is 0 Å². The molecule has 3 rings (SSSR count). The molecule has 1 N–H and O–H groups in total. The second kappa shape index (κ2) is 6.87. The summed E-state index contributed by atoms with van der Waals surface area (Å²) in [7, 11) is 2.03. The molecular weight excluding hydrogens is 262 g/mol. The highest BCUT2D eigenvalue weighted by Crippen LogP contribution is 2.33. The van der Waals surface area contributed by atoms with Gasteiger partial charge in [0.1, 0.15) is 0 Å². The molecule has 2 heterocycles. The molecule has 1 aromatic carbocycles. The molecule has 4 heteroatoms. The molecule has 4 nitrogen and oxygen atoms in total.